The predicted molar refractivity (Wildman–Crippen MR) is 74.7 cm³/mol. The molecule has 2 rings (SSSR count). The normalized spacial score (nSPS) is 18.0. The van der Waals surface area contributed by atoms with Crippen molar-refractivity contribution in [2.75, 3.05) is 0 Å². The lowest BCUT2D eigenvalue weighted by Crippen LogP contribution is -2.16. The quantitative estimate of drug-likeness (QED) is 0.867. The molecule has 0 amide bonds. The van der Waals surface area contributed by atoms with E-state index in [9.17, 15) is 8.42 Å². The van der Waals surface area contributed by atoms with E-state index in [2.05, 4.69) is 0 Å². The maximum Gasteiger partial charge on any atom is 0.238 e. The minimum absolute atomic E-state index is 0.137. The zero-order valence-electron chi connectivity index (χ0n) is 11.3. The van der Waals surface area contributed by atoms with E-state index < -0.39 is 10.0 Å². The zero-order chi connectivity index (χ0) is 13.9. The van der Waals surface area contributed by atoms with Crippen LogP contribution in [0.15, 0.2) is 23.1 Å². The number of hydrogen-bond acceptors (Lipinski definition) is 3. The lowest BCUT2D eigenvalue weighted by atomic mass is 10.1. The van der Waals surface area contributed by atoms with Crippen LogP contribution in [0.25, 0.3) is 0 Å². The Morgan fingerprint density at radius 2 is 1.79 bits per heavy atom. The minimum Gasteiger partial charge on any atom is -0.490 e. The van der Waals surface area contributed by atoms with Gasteiger partial charge in [0.1, 0.15) is 5.75 Å². The van der Waals surface area contributed by atoms with Gasteiger partial charge in [0.05, 0.1) is 11.0 Å². The van der Waals surface area contributed by atoms with Crippen LogP contribution in [0.1, 0.15) is 44.1 Å². The van der Waals surface area contributed by atoms with Crippen LogP contribution in [-0.4, -0.2) is 14.5 Å². The van der Waals surface area contributed by atoms with Crippen molar-refractivity contribution >= 4 is 10.0 Å². The second-order valence-electron chi connectivity index (χ2n) is 5.20. The zero-order valence-corrected chi connectivity index (χ0v) is 12.1. The summed E-state index contributed by atoms with van der Waals surface area (Å²) in [6.45, 7) is 1.85. The van der Waals surface area contributed by atoms with E-state index in [-0.39, 0.29) is 11.0 Å². The van der Waals surface area contributed by atoms with Crippen LogP contribution in [0, 0.1) is 6.92 Å². The lowest BCUT2D eigenvalue weighted by Gasteiger charge is -2.18. The van der Waals surface area contributed by atoms with Gasteiger partial charge in [0.15, 0.2) is 0 Å². The topological polar surface area (TPSA) is 69.4 Å². The molecular weight excluding hydrogens is 262 g/mol. The SMILES string of the molecule is Cc1cc(S(N)(=O)=O)ccc1OC1CCCCCC1. The number of ether oxygens (including phenoxy) is 1. The third-order valence-corrected chi connectivity index (χ3v) is 4.48. The molecule has 0 saturated heterocycles. The highest BCUT2D eigenvalue weighted by atomic mass is 32.2. The van der Waals surface area contributed by atoms with Gasteiger partial charge in [-0.3, -0.25) is 0 Å². The van der Waals surface area contributed by atoms with Crippen molar-refractivity contribution in [3.63, 3.8) is 0 Å². The molecule has 0 bridgehead atoms. The van der Waals surface area contributed by atoms with E-state index in [1.807, 2.05) is 6.92 Å². The Labute approximate surface area is 115 Å². The Balaban J connectivity index is 2.12. The number of aryl methyl sites for hydroxylation is 1. The van der Waals surface area contributed by atoms with Gasteiger partial charge in [0, 0.05) is 0 Å². The minimum atomic E-state index is -3.64. The Bertz CT molecular complexity index is 532. The maximum atomic E-state index is 11.3. The van der Waals surface area contributed by atoms with E-state index in [0.717, 1.165) is 24.2 Å². The number of rotatable bonds is 3. The number of benzene rings is 1. The van der Waals surface area contributed by atoms with Crippen molar-refractivity contribution in [3.8, 4) is 5.75 Å². The molecule has 1 aliphatic carbocycles. The Morgan fingerprint density at radius 1 is 1.16 bits per heavy atom. The first-order chi connectivity index (χ1) is 8.97. The molecule has 106 valence electrons. The molecule has 1 aromatic rings. The first kappa shape index (κ1) is 14.3. The molecule has 4 nitrogen and oxygen atoms in total. The summed E-state index contributed by atoms with van der Waals surface area (Å²) in [6, 6.07) is 4.79. The lowest BCUT2D eigenvalue weighted by molar-refractivity contribution is 0.182. The third-order valence-electron chi connectivity index (χ3n) is 3.57. The molecule has 0 radical (unpaired) electrons. The first-order valence-electron chi connectivity index (χ1n) is 6.77. The largest absolute Gasteiger partial charge is 0.490 e. The summed E-state index contributed by atoms with van der Waals surface area (Å²) in [7, 11) is -3.64. The predicted octanol–water partition coefficient (Wildman–Crippen LogP) is 2.74. The van der Waals surface area contributed by atoms with Gasteiger partial charge in [-0.15, -0.1) is 0 Å². The summed E-state index contributed by atoms with van der Waals surface area (Å²) in [5.74, 6) is 0.763. The van der Waals surface area contributed by atoms with Crippen molar-refractivity contribution in [1.29, 1.82) is 0 Å². The highest BCUT2D eigenvalue weighted by Gasteiger charge is 2.16. The molecular formula is C14H21NO3S. The maximum absolute atomic E-state index is 11.3. The fraction of sp³-hybridized carbons (Fsp3) is 0.571. The van der Waals surface area contributed by atoms with Gasteiger partial charge in [0.25, 0.3) is 0 Å². The number of sulfonamides is 1. The van der Waals surface area contributed by atoms with Gasteiger partial charge in [-0.05, 0) is 56.4 Å². The van der Waals surface area contributed by atoms with Gasteiger partial charge < -0.3 is 4.74 Å². The molecule has 1 fully saturated rings. The van der Waals surface area contributed by atoms with Crippen LogP contribution in [-0.2, 0) is 10.0 Å². The summed E-state index contributed by atoms with van der Waals surface area (Å²) >= 11 is 0. The molecule has 2 N–H and O–H groups in total. The molecule has 0 spiro atoms. The second-order valence-corrected chi connectivity index (χ2v) is 6.77. The summed E-state index contributed by atoms with van der Waals surface area (Å²) in [4.78, 5) is 0.137. The second kappa shape index (κ2) is 5.92. The Morgan fingerprint density at radius 3 is 2.32 bits per heavy atom. The standard InChI is InChI=1S/C14H21NO3S/c1-11-10-13(19(15,16)17)8-9-14(11)18-12-6-4-2-3-5-7-12/h8-10,12H,2-7H2,1H3,(H2,15,16,17). The van der Waals surface area contributed by atoms with E-state index in [1.54, 1.807) is 12.1 Å². The van der Waals surface area contributed by atoms with Gasteiger partial charge in [-0.25, -0.2) is 13.6 Å². The van der Waals surface area contributed by atoms with Crippen LogP contribution >= 0.6 is 0 Å². The van der Waals surface area contributed by atoms with Crippen LogP contribution in [0.4, 0.5) is 0 Å². The van der Waals surface area contributed by atoms with Crippen LogP contribution in [0.5, 0.6) is 5.75 Å². The number of nitrogens with two attached hydrogens (primary N) is 1. The van der Waals surface area contributed by atoms with E-state index >= 15 is 0 Å². The Kier molecular flexibility index (Phi) is 4.47. The molecule has 5 heteroatoms. The molecule has 1 aromatic carbocycles. The number of primary sulfonamides is 1. The molecule has 1 saturated carbocycles. The molecule has 0 aliphatic heterocycles. The average Bonchev–Trinajstić information content (AvgIpc) is 2.59. The Hall–Kier alpha value is -1.07. The monoisotopic (exact) mass is 283 g/mol. The van der Waals surface area contributed by atoms with Crippen molar-refractivity contribution in [3.05, 3.63) is 23.8 Å². The van der Waals surface area contributed by atoms with Crippen molar-refractivity contribution < 1.29 is 13.2 Å². The van der Waals surface area contributed by atoms with Gasteiger partial charge in [0.2, 0.25) is 10.0 Å². The van der Waals surface area contributed by atoms with Gasteiger partial charge in [-0.1, -0.05) is 12.8 Å². The summed E-state index contributed by atoms with van der Waals surface area (Å²) in [5, 5.41) is 5.11. The number of hydrogen-bond donors (Lipinski definition) is 1. The molecule has 0 atom stereocenters. The molecule has 1 aliphatic rings. The van der Waals surface area contributed by atoms with Crippen LogP contribution < -0.4 is 9.88 Å². The van der Waals surface area contributed by atoms with Crippen LogP contribution in [0.3, 0.4) is 0 Å². The molecule has 0 unspecified atom stereocenters. The average molecular weight is 283 g/mol. The first-order valence-corrected chi connectivity index (χ1v) is 8.31. The van der Waals surface area contributed by atoms with Gasteiger partial charge >= 0.3 is 0 Å². The smallest absolute Gasteiger partial charge is 0.238 e. The summed E-state index contributed by atoms with van der Waals surface area (Å²) < 4.78 is 28.5. The van der Waals surface area contributed by atoms with Crippen LogP contribution in [0.2, 0.25) is 0 Å². The van der Waals surface area contributed by atoms with Crippen molar-refractivity contribution in [2.24, 2.45) is 5.14 Å². The third kappa shape index (κ3) is 3.94. The fourth-order valence-corrected chi connectivity index (χ4v) is 3.07. The molecule has 0 heterocycles. The highest BCUT2D eigenvalue weighted by molar-refractivity contribution is 7.89. The van der Waals surface area contributed by atoms with Gasteiger partial charge in [-0.2, -0.15) is 0 Å². The summed E-state index contributed by atoms with van der Waals surface area (Å²) in [5.41, 5.74) is 0.816. The van der Waals surface area contributed by atoms with E-state index in [4.69, 9.17) is 9.88 Å². The molecule has 19 heavy (non-hydrogen) atoms. The van der Waals surface area contributed by atoms with E-state index in [1.165, 1.54) is 31.7 Å². The fourth-order valence-electron chi connectivity index (χ4n) is 2.47. The van der Waals surface area contributed by atoms with E-state index in [0.29, 0.717) is 0 Å². The van der Waals surface area contributed by atoms with Crippen molar-refractivity contribution in [1.82, 2.24) is 0 Å². The highest BCUT2D eigenvalue weighted by Crippen LogP contribution is 2.26. The molecule has 0 aromatic heterocycles. The van der Waals surface area contributed by atoms with Crippen molar-refractivity contribution in [2.45, 2.75) is 56.4 Å². The summed E-state index contributed by atoms with van der Waals surface area (Å²) in [6.07, 6.45) is 7.39.